The van der Waals surface area contributed by atoms with E-state index in [9.17, 15) is 5.11 Å². The monoisotopic (exact) mass is 220 g/mol. The van der Waals surface area contributed by atoms with Crippen LogP contribution in [0.2, 0.25) is 0 Å². The van der Waals surface area contributed by atoms with Gasteiger partial charge in [0.15, 0.2) is 0 Å². The summed E-state index contributed by atoms with van der Waals surface area (Å²) in [5.41, 5.74) is 2.34. The molecule has 0 spiro atoms. The van der Waals surface area contributed by atoms with E-state index in [1.54, 1.807) is 0 Å². The molecular formula is C14H20O2. The molecule has 0 aliphatic heterocycles. The van der Waals surface area contributed by atoms with Crippen LogP contribution < -0.4 is 4.74 Å². The van der Waals surface area contributed by atoms with Gasteiger partial charge in [-0.3, -0.25) is 0 Å². The van der Waals surface area contributed by atoms with E-state index in [4.69, 9.17) is 4.74 Å². The van der Waals surface area contributed by atoms with Crippen LogP contribution in [0.1, 0.15) is 43.9 Å². The quantitative estimate of drug-likeness (QED) is 0.848. The Kier molecular flexibility index (Phi) is 3.49. The van der Waals surface area contributed by atoms with Gasteiger partial charge in [0.05, 0.1) is 12.7 Å². The molecule has 2 nitrogen and oxygen atoms in total. The van der Waals surface area contributed by atoms with E-state index < -0.39 is 0 Å². The van der Waals surface area contributed by atoms with Gasteiger partial charge in [0.2, 0.25) is 0 Å². The van der Waals surface area contributed by atoms with Crippen molar-refractivity contribution in [1.82, 2.24) is 0 Å². The summed E-state index contributed by atoms with van der Waals surface area (Å²) in [5, 5.41) is 9.91. The molecule has 0 aromatic heterocycles. The SMILES string of the molecule is CC(C)COc1ccc2c(c1)[C@@H](O)CCC2. The number of aryl methyl sites for hydroxylation is 1. The highest BCUT2D eigenvalue weighted by Crippen LogP contribution is 2.32. The molecule has 1 aromatic carbocycles. The molecule has 88 valence electrons. The fourth-order valence-electron chi connectivity index (χ4n) is 2.10. The number of aliphatic hydroxyl groups excluding tert-OH is 1. The maximum absolute atomic E-state index is 9.91. The highest BCUT2D eigenvalue weighted by molar-refractivity contribution is 5.38. The lowest BCUT2D eigenvalue weighted by atomic mass is 9.89. The first-order valence-corrected chi connectivity index (χ1v) is 6.10. The third kappa shape index (κ3) is 2.56. The van der Waals surface area contributed by atoms with Crippen LogP contribution >= 0.6 is 0 Å². The molecule has 1 atom stereocenters. The minimum atomic E-state index is -0.300. The van der Waals surface area contributed by atoms with E-state index in [0.717, 1.165) is 37.2 Å². The second kappa shape index (κ2) is 4.88. The van der Waals surface area contributed by atoms with E-state index in [0.29, 0.717) is 5.92 Å². The number of ether oxygens (including phenoxy) is 1. The Bertz CT molecular complexity index is 358. The highest BCUT2D eigenvalue weighted by atomic mass is 16.5. The van der Waals surface area contributed by atoms with Gasteiger partial charge < -0.3 is 9.84 Å². The minimum absolute atomic E-state index is 0.300. The summed E-state index contributed by atoms with van der Waals surface area (Å²) in [6.07, 6.45) is 2.74. The fourth-order valence-corrected chi connectivity index (χ4v) is 2.10. The second-order valence-electron chi connectivity index (χ2n) is 4.97. The van der Waals surface area contributed by atoms with Gasteiger partial charge in [-0.2, -0.15) is 0 Å². The van der Waals surface area contributed by atoms with Gasteiger partial charge in [-0.15, -0.1) is 0 Å². The number of fused-ring (bicyclic) bond motifs is 1. The smallest absolute Gasteiger partial charge is 0.119 e. The lowest BCUT2D eigenvalue weighted by Crippen LogP contribution is -2.10. The zero-order valence-electron chi connectivity index (χ0n) is 10.1. The van der Waals surface area contributed by atoms with Crippen molar-refractivity contribution in [2.45, 2.75) is 39.2 Å². The van der Waals surface area contributed by atoms with Crippen molar-refractivity contribution >= 4 is 0 Å². The second-order valence-corrected chi connectivity index (χ2v) is 4.97. The third-order valence-corrected chi connectivity index (χ3v) is 2.98. The first-order valence-electron chi connectivity index (χ1n) is 6.10. The largest absolute Gasteiger partial charge is 0.493 e. The molecule has 0 saturated heterocycles. The van der Waals surface area contributed by atoms with Crippen molar-refractivity contribution in [3.05, 3.63) is 29.3 Å². The molecule has 0 radical (unpaired) electrons. The predicted octanol–water partition coefficient (Wildman–Crippen LogP) is 3.09. The van der Waals surface area contributed by atoms with Gasteiger partial charge in [-0.1, -0.05) is 19.9 Å². The molecule has 0 bridgehead atoms. The average Bonchev–Trinajstić information content (AvgIpc) is 2.27. The van der Waals surface area contributed by atoms with Gasteiger partial charge in [0.1, 0.15) is 5.75 Å². The lowest BCUT2D eigenvalue weighted by molar-refractivity contribution is 0.156. The number of hydrogen-bond acceptors (Lipinski definition) is 2. The number of aliphatic hydroxyl groups is 1. The van der Waals surface area contributed by atoms with Crippen molar-refractivity contribution in [2.75, 3.05) is 6.61 Å². The summed E-state index contributed by atoms with van der Waals surface area (Å²) in [5.74, 6) is 1.41. The standard InChI is InChI=1S/C14H20O2/c1-10(2)9-16-12-7-6-11-4-3-5-14(15)13(11)8-12/h6-8,10,14-15H,3-5,9H2,1-2H3/t14-/m0/s1. The van der Waals surface area contributed by atoms with Crippen molar-refractivity contribution in [3.63, 3.8) is 0 Å². The molecule has 0 fully saturated rings. The number of rotatable bonds is 3. The first kappa shape index (κ1) is 11.5. The predicted molar refractivity (Wildman–Crippen MR) is 64.7 cm³/mol. The Morgan fingerprint density at radius 3 is 3.00 bits per heavy atom. The first-order chi connectivity index (χ1) is 7.66. The minimum Gasteiger partial charge on any atom is -0.493 e. The maximum atomic E-state index is 9.91. The van der Waals surface area contributed by atoms with Crippen molar-refractivity contribution < 1.29 is 9.84 Å². The molecule has 2 heteroatoms. The van der Waals surface area contributed by atoms with E-state index in [2.05, 4.69) is 19.9 Å². The topological polar surface area (TPSA) is 29.5 Å². The normalized spacial score (nSPS) is 19.6. The van der Waals surface area contributed by atoms with Crippen LogP contribution in [0, 0.1) is 5.92 Å². The molecule has 16 heavy (non-hydrogen) atoms. The van der Waals surface area contributed by atoms with Crippen LogP contribution in [0.5, 0.6) is 5.75 Å². The Labute approximate surface area is 97.3 Å². The van der Waals surface area contributed by atoms with E-state index >= 15 is 0 Å². The molecule has 2 rings (SSSR count). The van der Waals surface area contributed by atoms with Crippen molar-refractivity contribution in [3.8, 4) is 5.75 Å². The molecule has 0 saturated carbocycles. The molecule has 0 heterocycles. The van der Waals surface area contributed by atoms with Gasteiger partial charge in [-0.05, 0) is 48.4 Å². The van der Waals surface area contributed by atoms with Crippen molar-refractivity contribution in [2.24, 2.45) is 5.92 Å². The van der Waals surface area contributed by atoms with E-state index in [1.165, 1.54) is 5.56 Å². The fraction of sp³-hybridized carbons (Fsp3) is 0.571. The van der Waals surface area contributed by atoms with E-state index in [-0.39, 0.29) is 6.10 Å². The van der Waals surface area contributed by atoms with Crippen molar-refractivity contribution in [1.29, 1.82) is 0 Å². The maximum Gasteiger partial charge on any atom is 0.119 e. The molecule has 1 N–H and O–H groups in total. The zero-order valence-corrected chi connectivity index (χ0v) is 10.1. The molecule has 1 aromatic rings. The summed E-state index contributed by atoms with van der Waals surface area (Å²) in [6, 6.07) is 6.11. The number of hydrogen-bond donors (Lipinski definition) is 1. The Hall–Kier alpha value is -1.02. The average molecular weight is 220 g/mol. The summed E-state index contributed by atoms with van der Waals surface area (Å²) in [6.45, 7) is 5.00. The van der Waals surface area contributed by atoms with Crippen LogP contribution in [-0.2, 0) is 6.42 Å². The van der Waals surface area contributed by atoms with Gasteiger partial charge in [0, 0.05) is 0 Å². The Morgan fingerprint density at radius 1 is 1.44 bits per heavy atom. The van der Waals surface area contributed by atoms with Crippen LogP contribution in [0.4, 0.5) is 0 Å². The Morgan fingerprint density at radius 2 is 2.25 bits per heavy atom. The summed E-state index contributed by atoms with van der Waals surface area (Å²) < 4.78 is 5.67. The van der Waals surface area contributed by atoms with Gasteiger partial charge in [-0.25, -0.2) is 0 Å². The van der Waals surface area contributed by atoms with Crippen LogP contribution in [0.15, 0.2) is 18.2 Å². The van der Waals surface area contributed by atoms with Gasteiger partial charge in [0.25, 0.3) is 0 Å². The molecule has 1 aliphatic rings. The number of benzene rings is 1. The lowest BCUT2D eigenvalue weighted by Gasteiger charge is -2.22. The summed E-state index contributed by atoms with van der Waals surface area (Å²) in [7, 11) is 0. The van der Waals surface area contributed by atoms with Crippen LogP contribution in [0.25, 0.3) is 0 Å². The Balaban J connectivity index is 2.14. The van der Waals surface area contributed by atoms with Gasteiger partial charge >= 0.3 is 0 Å². The summed E-state index contributed by atoms with van der Waals surface area (Å²) >= 11 is 0. The van der Waals surface area contributed by atoms with Crippen LogP contribution in [-0.4, -0.2) is 11.7 Å². The highest BCUT2D eigenvalue weighted by Gasteiger charge is 2.18. The van der Waals surface area contributed by atoms with E-state index in [1.807, 2.05) is 12.1 Å². The molecule has 0 amide bonds. The molecular weight excluding hydrogens is 200 g/mol. The summed E-state index contributed by atoms with van der Waals surface area (Å²) in [4.78, 5) is 0. The zero-order chi connectivity index (χ0) is 11.5. The molecule has 0 unspecified atom stereocenters. The molecule has 1 aliphatic carbocycles. The third-order valence-electron chi connectivity index (χ3n) is 2.98. The van der Waals surface area contributed by atoms with Crippen LogP contribution in [0.3, 0.4) is 0 Å².